The number of aromatic amines is 1. The van der Waals surface area contributed by atoms with E-state index in [1.807, 2.05) is 48.5 Å². The van der Waals surface area contributed by atoms with Crippen LogP contribution in [0.2, 0.25) is 0 Å². The maximum Gasteiger partial charge on any atom is 0.174 e. The Hall–Kier alpha value is -4.26. The molecule has 0 saturated heterocycles. The summed E-state index contributed by atoms with van der Waals surface area (Å²) in [4.78, 5) is 4.66. The van der Waals surface area contributed by atoms with Crippen LogP contribution in [0.1, 0.15) is 22.6 Å². The summed E-state index contributed by atoms with van der Waals surface area (Å²) in [5.41, 5.74) is 4.18. The number of pyridine rings is 1. The Labute approximate surface area is 191 Å². The van der Waals surface area contributed by atoms with Crippen molar-refractivity contribution in [2.75, 3.05) is 0 Å². The van der Waals surface area contributed by atoms with Crippen molar-refractivity contribution in [1.29, 1.82) is 0 Å². The van der Waals surface area contributed by atoms with Crippen LogP contribution in [0, 0.1) is 0 Å². The molecule has 0 saturated carbocycles. The van der Waals surface area contributed by atoms with Crippen molar-refractivity contribution < 1.29 is 9.47 Å². The average molecular weight is 438 g/mol. The molecule has 7 nitrogen and oxygen atoms in total. The van der Waals surface area contributed by atoms with Gasteiger partial charge in [-0.25, -0.2) is 4.98 Å². The van der Waals surface area contributed by atoms with E-state index in [0.29, 0.717) is 13.2 Å². The SMILES string of the molecule is c1cc(OCc2ccc(CCc3nn[nH]n3)cc2)cc(OCc2ccc3ccccc3n2)c1. The number of aromatic nitrogens is 5. The fourth-order valence-electron chi connectivity index (χ4n) is 3.51. The first-order chi connectivity index (χ1) is 16.3. The van der Waals surface area contributed by atoms with Crippen molar-refractivity contribution in [2.45, 2.75) is 26.1 Å². The van der Waals surface area contributed by atoms with Crippen molar-refractivity contribution >= 4 is 10.9 Å². The Morgan fingerprint density at radius 2 is 1.48 bits per heavy atom. The van der Waals surface area contributed by atoms with Crippen LogP contribution in [-0.4, -0.2) is 25.6 Å². The van der Waals surface area contributed by atoms with Crippen molar-refractivity contribution in [3.63, 3.8) is 0 Å². The maximum absolute atomic E-state index is 5.97. The van der Waals surface area contributed by atoms with Gasteiger partial charge in [-0.05, 0) is 41.8 Å². The first kappa shape index (κ1) is 20.6. The van der Waals surface area contributed by atoms with Gasteiger partial charge in [0.15, 0.2) is 5.82 Å². The van der Waals surface area contributed by atoms with E-state index in [1.54, 1.807) is 0 Å². The third-order valence-electron chi connectivity index (χ3n) is 5.30. The third-order valence-corrected chi connectivity index (χ3v) is 5.30. The van der Waals surface area contributed by atoms with Gasteiger partial charge in [0.25, 0.3) is 0 Å². The number of nitrogens with zero attached hydrogens (tertiary/aromatic N) is 4. The zero-order chi connectivity index (χ0) is 22.3. The number of hydrogen-bond acceptors (Lipinski definition) is 6. The Kier molecular flexibility index (Phi) is 6.20. The lowest BCUT2D eigenvalue weighted by Gasteiger charge is -2.10. The molecule has 0 aliphatic carbocycles. The van der Waals surface area contributed by atoms with E-state index in [1.165, 1.54) is 5.56 Å². The molecule has 0 atom stereocenters. The first-order valence-corrected chi connectivity index (χ1v) is 10.8. The van der Waals surface area contributed by atoms with Crippen LogP contribution in [0.4, 0.5) is 0 Å². The molecular formula is C26H23N5O2. The highest BCUT2D eigenvalue weighted by molar-refractivity contribution is 5.78. The molecule has 164 valence electrons. The first-order valence-electron chi connectivity index (χ1n) is 10.8. The number of fused-ring (bicyclic) bond motifs is 1. The quantitative estimate of drug-likeness (QED) is 0.360. The molecule has 5 aromatic rings. The van der Waals surface area contributed by atoms with Crippen molar-refractivity contribution in [3.05, 3.63) is 108 Å². The lowest BCUT2D eigenvalue weighted by atomic mass is 10.1. The predicted octanol–water partition coefficient (Wildman–Crippen LogP) is 4.69. The third kappa shape index (κ3) is 5.51. The molecule has 0 bridgehead atoms. The summed E-state index contributed by atoms with van der Waals surface area (Å²) >= 11 is 0. The molecule has 5 rings (SSSR count). The van der Waals surface area contributed by atoms with Gasteiger partial charge in [-0.15, -0.1) is 10.2 Å². The van der Waals surface area contributed by atoms with E-state index in [9.17, 15) is 0 Å². The van der Waals surface area contributed by atoms with Gasteiger partial charge in [-0.3, -0.25) is 0 Å². The minimum atomic E-state index is 0.402. The molecule has 7 heteroatoms. The monoisotopic (exact) mass is 437 g/mol. The number of hydrogen-bond donors (Lipinski definition) is 1. The fraction of sp³-hybridized carbons (Fsp3) is 0.154. The van der Waals surface area contributed by atoms with Crippen LogP contribution >= 0.6 is 0 Å². The smallest absolute Gasteiger partial charge is 0.174 e. The predicted molar refractivity (Wildman–Crippen MR) is 125 cm³/mol. The molecule has 0 aliphatic heterocycles. The average Bonchev–Trinajstić information content (AvgIpc) is 3.40. The van der Waals surface area contributed by atoms with Crippen LogP contribution in [0.3, 0.4) is 0 Å². The van der Waals surface area contributed by atoms with Gasteiger partial charge < -0.3 is 9.47 Å². The summed E-state index contributed by atoms with van der Waals surface area (Å²) in [5.74, 6) is 2.24. The molecule has 33 heavy (non-hydrogen) atoms. The minimum Gasteiger partial charge on any atom is -0.489 e. The maximum atomic E-state index is 5.97. The Morgan fingerprint density at radius 3 is 2.30 bits per heavy atom. The summed E-state index contributed by atoms with van der Waals surface area (Å²) in [5, 5.41) is 15.1. The van der Waals surface area contributed by atoms with Gasteiger partial charge in [-0.2, -0.15) is 5.21 Å². The number of benzene rings is 3. The molecule has 0 unspecified atom stereocenters. The molecule has 1 N–H and O–H groups in total. The van der Waals surface area contributed by atoms with Gasteiger partial charge in [0, 0.05) is 17.9 Å². The van der Waals surface area contributed by atoms with E-state index < -0.39 is 0 Å². The van der Waals surface area contributed by atoms with Crippen LogP contribution in [0.25, 0.3) is 10.9 Å². The van der Waals surface area contributed by atoms with Gasteiger partial charge in [0.2, 0.25) is 0 Å². The summed E-state index contributed by atoms with van der Waals surface area (Å²) < 4.78 is 11.9. The van der Waals surface area contributed by atoms with Gasteiger partial charge in [0.05, 0.1) is 11.2 Å². The van der Waals surface area contributed by atoms with Gasteiger partial charge in [0.1, 0.15) is 24.7 Å². The normalized spacial score (nSPS) is 10.9. The van der Waals surface area contributed by atoms with E-state index in [2.05, 4.69) is 62.0 Å². The van der Waals surface area contributed by atoms with Gasteiger partial charge >= 0.3 is 0 Å². The zero-order valence-corrected chi connectivity index (χ0v) is 18.0. The van der Waals surface area contributed by atoms with Crippen molar-refractivity contribution in [2.24, 2.45) is 0 Å². The molecule has 0 fully saturated rings. The van der Waals surface area contributed by atoms with E-state index in [0.717, 1.165) is 52.3 Å². The molecule has 0 aliphatic rings. The fourth-order valence-corrected chi connectivity index (χ4v) is 3.51. The number of ether oxygens (including phenoxy) is 2. The molecule has 2 aromatic heterocycles. The highest BCUT2D eigenvalue weighted by Crippen LogP contribution is 2.22. The van der Waals surface area contributed by atoms with Crippen molar-refractivity contribution in [1.82, 2.24) is 25.6 Å². The summed E-state index contributed by atoms with van der Waals surface area (Å²) in [6.07, 6.45) is 1.62. The highest BCUT2D eigenvalue weighted by atomic mass is 16.5. The van der Waals surface area contributed by atoms with E-state index in [-0.39, 0.29) is 0 Å². The second kappa shape index (κ2) is 9.91. The molecular weight excluding hydrogens is 414 g/mol. The topological polar surface area (TPSA) is 85.8 Å². The zero-order valence-electron chi connectivity index (χ0n) is 18.0. The number of H-pyrrole nitrogens is 1. The van der Waals surface area contributed by atoms with Gasteiger partial charge in [-0.1, -0.05) is 59.8 Å². The molecule has 3 aromatic carbocycles. The molecule has 0 radical (unpaired) electrons. The number of rotatable bonds is 9. The standard InChI is InChI=1S/C26H23N5O2/c1-2-7-25-21(4-1)13-14-22(27-25)18-33-24-6-3-5-23(16-24)32-17-20-10-8-19(9-11-20)12-15-26-28-30-31-29-26/h1-11,13-14,16H,12,15,17-18H2,(H,28,29,30,31). The highest BCUT2D eigenvalue weighted by Gasteiger charge is 2.04. The second-order valence-corrected chi connectivity index (χ2v) is 7.69. The van der Waals surface area contributed by atoms with E-state index >= 15 is 0 Å². The lowest BCUT2D eigenvalue weighted by Crippen LogP contribution is -2.00. The second-order valence-electron chi connectivity index (χ2n) is 7.69. The number of para-hydroxylation sites is 1. The summed E-state index contributed by atoms with van der Waals surface area (Å²) in [7, 11) is 0. The Balaban J connectivity index is 1.14. The summed E-state index contributed by atoms with van der Waals surface area (Å²) in [6, 6.07) is 28.2. The number of nitrogens with one attached hydrogen (secondary N) is 1. The van der Waals surface area contributed by atoms with Crippen molar-refractivity contribution in [3.8, 4) is 11.5 Å². The number of tetrazole rings is 1. The largest absolute Gasteiger partial charge is 0.489 e. The van der Waals surface area contributed by atoms with Crippen LogP contribution < -0.4 is 9.47 Å². The lowest BCUT2D eigenvalue weighted by molar-refractivity contribution is 0.288. The van der Waals surface area contributed by atoms with Crippen LogP contribution in [0.5, 0.6) is 11.5 Å². The Morgan fingerprint density at radius 1 is 0.697 bits per heavy atom. The van der Waals surface area contributed by atoms with E-state index in [4.69, 9.17) is 9.47 Å². The van der Waals surface area contributed by atoms with Crippen LogP contribution in [-0.2, 0) is 26.1 Å². The van der Waals surface area contributed by atoms with Crippen LogP contribution in [0.15, 0.2) is 84.9 Å². The Bertz CT molecular complexity index is 1320. The molecule has 0 spiro atoms. The summed E-state index contributed by atoms with van der Waals surface area (Å²) in [6.45, 7) is 0.889. The molecule has 2 heterocycles. The molecule has 0 amide bonds. The number of aryl methyl sites for hydroxylation is 2. The minimum absolute atomic E-state index is 0.402.